The summed E-state index contributed by atoms with van der Waals surface area (Å²) in [5.74, 6) is 0. The Kier molecular flexibility index (Phi) is 5.15. The van der Waals surface area contributed by atoms with Gasteiger partial charge in [0.1, 0.15) is 5.60 Å². The molecule has 1 heterocycles. The van der Waals surface area contributed by atoms with Crippen LogP contribution in [-0.4, -0.2) is 34.6 Å². The number of amides is 1. The lowest BCUT2D eigenvalue weighted by Gasteiger charge is -2.19. The van der Waals surface area contributed by atoms with Gasteiger partial charge < -0.3 is 14.8 Å². The first kappa shape index (κ1) is 14.5. The Balaban J connectivity index is 2.07. The molecule has 1 amide bonds. The average Bonchev–Trinajstić information content (AvgIpc) is 2.61. The molecule has 0 saturated carbocycles. The number of ether oxygens (including phenoxy) is 2. The minimum absolute atomic E-state index is 0.424. The highest BCUT2D eigenvalue weighted by atomic mass is 16.6. The van der Waals surface area contributed by atoms with Gasteiger partial charge >= 0.3 is 6.09 Å². The Morgan fingerprint density at radius 1 is 1.50 bits per heavy atom. The highest BCUT2D eigenvalue weighted by Gasteiger charge is 2.15. The zero-order valence-electron chi connectivity index (χ0n) is 11.4. The van der Waals surface area contributed by atoms with Crippen molar-refractivity contribution in [2.24, 2.45) is 7.05 Å². The summed E-state index contributed by atoms with van der Waals surface area (Å²) in [6.07, 6.45) is 3.22. The van der Waals surface area contributed by atoms with Crippen LogP contribution >= 0.6 is 0 Å². The van der Waals surface area contributed by atoms with Crippen molar-refractivity contribution in [2.45, 2.75) is 33.0 Å². The Morgan fingerprint density at radius 3 is 2.78 bits per heavy atom. The van der Waals surface area contributed by atoms with Crippen molar-refractivity contribution in [2.75, 3.05) is 13.2 Å². The Labute approximate surface area is 107 Å². The first-order valence-corrected chi connectivity index (χ1v) is 5.89. The molecule has 1 N–H and O–H groups in total. The number of carbonyl (C=O) groups is 1. The van der Waals surface area contributed by atoms with Crippen LogP contribution < -0.4 is 5.32 Å². The number of hydrogen-bond acceptors (Lipinski definition) is 4. The topological polar surface area (TPSA) is 65.4 Å². The van der Waals surface area contributed by atoms with E-state index in [0.29, 0.717) is 19.8 Å². The lowest BCUT2D eigenvalue weighted by atomic mass is 10.2. The van der Waals surface area contributed by atoms with E-state index in [4.69, 9.17) is 9.47 Å². The van der Waals surface area contributed by atoms with Crippen LogP contribution in [0.15, 0.2) is 12.4 Å². The molecule has 0 fully saturated rings. The summed E-state index contributed by atoms with van der Waals surface area (Å²) in [7, 11) is 1.85. The minimum atomic E-state index is -0.472. The van der Waals surface area contributed by atoms with E-state index in [1.807, 2.05) is 34.0 Å². The molecule has 0 aliphatic rings. The van der Waals surface area contributed by atoms with E-state index in [1.54, 1.807) is 10.9 Å². The van der Waals surface area contributed by atoms with E-state index in [2.05, 4.69) is 10.4 Å². The van der Waals surface area contributed by atoms with Gasteiger partial charge in [-0.3, -0.25) is 4.68 Å². The molecule has 6 nitrogen and oxygen atoms in total. The summed E-state index contributed by atoms with van der Waals surface area (Å²) in [6, 6.07) is 0. The standard InChI is InChI=1S/C12H21N3O3/c1-12(2,3)18-11(16)13-5-6-17-9-10-7-14-15(4)8-10/h7-8H,5-6,9H2,1-4H3,(H,13,16). The van der Waals surface area contributed by atoms with E-state index >= 15 is 0 Å². The molecule has 0 radical (unpaired) electrons. The molecule has 0 atom stereocenters. The molecular formula is C12H21N3O3. The van der Waals surface area contributed by atoms with E-state index in [0.717, 1.165) is 5.56 Å². The molecule has 1 aromatic heterocycles. The highest BCUT2D eigenvalue weighted by Crippen LogP contribution is 2.06. The first-order chi connectivity index (χ1) is 8.37. The molecular weight excluding hydrogens is 234 g/mol. The summed E-state index contributed by atoms with van der Waals surface area (Å²) in [5.41, 5.74) is 0.537. The predicted molar refractivity (Wildman–Crippen MR) is 67.1 cm³/mol. The van der Waals surface area contributed by atoms with Gasteiger partial charge in [0.25, 0.3) is 0 Å². The number of rotatable bonds is 5. The van der Waals surface area contributed by atoms with Crippen molar-refractivity contribution in [1.82, 2.24) is 15.1 Å². The van der Waals surface area contributed by atoms with Crippen LogP contribution in [0.5, 0.6) is 0 Å². The zero-order chi connectivity index (χ0) is 13.6. The van der Waals surface area contributed by atoms with Crippen molar-refractivity contribution >= 4 is 6.09 Å². The highest BCUT2D eigenvalue weighted by molar-refractivity contribution is 5.67. The van der Waals surface area contributed by atoms with Crippen LogP contribution in [0.1, 0.15) is 26.3 Å². The molecule has 18 heavy (non-hydrogen) atoms. The van der Waals surface area contributed by atoms with Gasteiger partial charge in [-0.1, -0.05) is 0 Å². The van der Waals surface area contributed by atoms with Crippen molar-refractivity contribution in [3.63, 3.8) is 0 Å². The van der Waals surface area contributed by atoms with Crippen LogP contribution in [0.25, 0.3) is 0 Å². The maximum Gasteiger partial charge on any atom is 0.407 e. The number of aryl methyl sites for hydroxylation is 1. The van der Waals surface area contributed by atoms with Crippen LogP contribution in [-0.2, 0) is 23.1 Å². The second-order valence-corrected chi connectivity index (χ2v) is 5.00. The summed E-state index contributed by atoms with van der Waals surface area (Å²) >= 11 is 0. The van der Waals surface area contributed by atoms with Gasteiger partial charge in [0.05, 0.1) is 19.4 Å². The second-order valence-electron chi connectivity index (χ2n) is 5.00. The fourth-order valence-electron chi connectivity index (χ4n) is 1.28. The minimum Gasteiger partial charge on any atom is -0.444 e. The van der Waals surface area contributed by atoms with Gasteiger partial charge in [0, 0.05) is 25.4 Å². The number of alkyl carbamates (subject to hydrolysis) is 1. The number of nitrogens with zero attached hydrogens (tertiary/aromatic N) is 2. The Hall–Kier alpha value is -1.56. The third-order valence-corrected chi connectivity index (χ3v) is 1.94. The molecule has 0 unspecified atom stereocenters. The van der Waals surface area contributed by atoms with Crippen molar-refractivity contribution in [3.8, 4) is 0 Å². The number of carbonyl (C=O) groups excluding carboxylic acids is 1. The largest absolute Gasteiger partial charge is 0.444 e. The molecule has 0 aliphatic carbocycles. The van der Waals surface area contributed by atoms with Crippen LogP contribution in [0, 0.1) is 0 Å². The fraction of sp³-hybridized carbons (Fsp3) is 0.667. The van der Waals surface area contributed by atoms with Gasteiger partial charge in [0.2, 0.25) is 0 Å². The molecule has 0 aliphatic heterocycles. The van der Waals surface area contributed by atoms with Crippen molar-refractivity contribution in [3.05, 3.63) is 18.0 Å². The fourth-order valence-corrected chi connectivity index (χ4v) is 1.28. The molecule has 0 aromatic carbocycles. The smallest absolute Gasteiger partial charge is 0.407 e. The summed E-state index contributed by atoms with van der Waals surface area (Å²) in [6.45, 7) is 6.83. The number of nitrogens with one attached hydrogen (secondary N) is 1. The number of hydrogen-bond donors (Lipinski definition) is 1. The lowest BCUT2D eigenvalue weighted by molar-refractivity contribution is 0.0494. The van der Waals surface area contributed by atoms with Crippen LogP contribution in [0.2, 0.25) is 0 Å². The van der Waals surface area contributed by atoms with E-state index in [1.165, 1.54) is 0 Å². The van der Waals surface area contributed by atoms with E-state index in [-0.39, 0.29) is 0 Å². The van der Waals surface area contributed by atoms with Gasteiger partial charge in [-0.25, -0.2) is 4.79 Å². The maximum absolute atomic E-state index is 11.3. The van der Waals surface area contributed by atoms with Gasteiger partial charge in [-0.05, 0) is 20.8 Å². The zero-order valence-corrected chi connectivity index (χ0v) is 11.4. The third kappa shape index (κ3) is 6.24. The van der Waals surface area contributed by atoms with Crippen LogP contribution in [0.3, 0.4) is 0 Å². The maximum atomic E-state index is 11.3. The Morgan fingerprint density at radius 2 is 2.22 bits per heavy atom. The number of aromatic nitrogens is 2. The van der Waals surface area contributed by atoms with E-state index in [9.17, 15) is 4.79 Å². The molecule has 0 bridgehead atoms. The quantitative estimate of drug-likeness (QED) is 0.809. The molecule has 0 spiro atoms. The predicted octanol–water partition coefficient (Wildman–Crippen LogP) is 1.46. The molecule has 0 saturated heterocycles. The SMILES string of the molecule is Cn1cc(COCCNC(=O)OC(C)(C)C)cn1. The summed E-state index contributed by atoms with van der Waals surface area (Å²) in [5, 5.41) is 6.65. The van der Waals surface area contributed by atoms with Crippen LogP contribution in [0.4, 0.5) is 4.79 Å². The molecule has 1 rings (SSSR count). The normalized spacial score (nSPS) is 11.3. The summed E-state index contributed by atoms with van der Waals surface area (Å²) < 4.78 is 12.2. The molecule has 6 heteroatoms. The van der Waals surface area contributed by atoms with Crippen molar-refractivity contribution in [1.29, 1.82) is 0 Å². The average molecular weight is 255 g/mol. The first-order valence-electron chi connectivity index (χ1n) is 5.89. The molecule has 1 aromatic rings. The monoisotopic (exact) mass is 255 g/mol. The van der Waals surface area contributed by atoms with Crippen molar-refractivity contribution < 1.29 is 14.3 Å². The second kappa shape index (κ2) is 6.39. The lowest BCUT2D eigenvalue weighted by Crippen LogP contribution is -2.34. The Bertz CT molecular complexity index is 382. The van der Waals surface area contributed by atoms with E-state index < -0.39 is 11.7 Å². The summed E-state index contributed by atoms with van der Waals surface area (Å²) in [4.78, 5) is 11.3. The third-order valence-electron chi connectivity index (χ3n) is 1.94. The van der Waals surface area contributed by atoms with Gasteiger partial charge in [-0.15, -0.1) is 0 Å². The van der Waals surface area contributed by atoms with Gasteiger partial charge in [0.15, 0.2) is 0 Å². The molecule has 102 valence electrons. The van der Waals surface area contributed by atoms with Gasteiger partial charge in [-0.2, -0.15) is 5.10 Å².